The standard InChI is InChI=1S/C17H16BrFN4/c1-3-10-6-11(4-5-13(10)18)17(21)23-16-7-12(9-22-2)15(20)8-14(16)19/h3-9H,1,20H2,2H3,(H2,21,23). The summed E-state index contributed by atoms with van der Waals surface area (Å²) < 4.78 is 14.9. The average molecular weight is 375 g/mol. The van der Waals surface area contributed by atoms with Crippen LogP contribution in [0.1, 0.15) is 16.7 Å². The fraction of sp³-hybridized carbons (Fsp3) is 0.0588. The largest absolute Gasteiger partial charge is 0.398 e. The second-order valence-corrected chi connectivity index (χ2v) is 5.61. The molecule has 2 aromatic carbocycles. The second kappa shape index (κ2) is 7.19. The second-order valence-electron chi connectivity index (χ2n) is 4.76. The van der Waals surface area contributed by atoms with E-state index >= 15 is 0 Å². The molecule has 4 N–H and O–H groups in total. The van der Waals surface area contributed by atoms with E-state index in [1.807, 2.05) is 12.1 Å². The van der Waals surface area contributed by atoms with E-state index in [9.17, 15) is 4.39 Å². The predicted octanol–water partition coefficient (Wildman–Crippen LogP) is 3.90. The van der Waals surface area contributed by atoms with Crippen molar-refractivity contribution < 1.29 is 4.39 Å². The summed E-state index contributed by atoms with van der Waals surface area (Å²) in [6, 6.07) is 8.17. The summed E-state index contributed by atoms with van der Waals surface area (Å²) >= 11 is 3.41. The third kappa shape index (κ3) is 3.84. The lowest BCUT2D eigenvalue weighted by Crippen LogP contribution is -2.13. The number of hydrogen-bond acceptors (Lipinski definition) is 3. The van der Waals surface area contributed by atoms with Crippen molar-refractivity contribution in [3.63, 3.8) is 0 Å². The number of halogens is 2. The number of hydrogen-bond donors (Lipinski definition) is 2. The topological polar surface area (TPSA) is 76.8 Å². The van der Waals surface area contributed by atoms with Gasteiger partial charge in [0.1, 0.15) is 11.5 Å². The maximum Gasteiger partial charge on any atom is 0.150 e. The van der Waals surface area contributed by atoms with Crippen LogP contribution >= 0.6 is 15.9 Å². The Morgan fingerprint density at radius 2 is 2.00 bits per heavy atom. The van der Waals surface area contributed by atoms with Crippen molar-refractivity contribution in [3.05, 3.63) is 63.9 Å². The molecule has 0 heterocycles. The molecule has 2 aromatic rings. The maximum absolute atomic E-state index is 14.0. The first-order valence-electron chi connectivity index (χ1n) is 6.74. The number of anilines is 1. The molecule has 23 heavy (non-hydrogen) atoms. The van der Waals surface area contributed by atoms with E-state index in [1.54, 1.807) is 25.4 Å². The number of nitrogens with zero attached hydrogens (tertiary/aromatic N) is 2. The van der Waals surface area contributed by atoms with Crippen LogP contribution in [0.5, 0.6) is 0 Å². The van der Waals surface area contributed by atoms with Gasteiger partial charge in [-0.25, -0.2) is 9.38 Å². The van der Waals surface area contributed by atoms with Crippen LogP contribution in [-0.2, 0) is 0 Å². The Labute approximate surface area is 142 Å². The molecular weight excluding hydrogens is 359 g/mol. The van der Waals surface area contributed by atoms with E-state index in [2.05, 4.69) is 32.5 Å². The fourth-order valence-corrected chi connectivity index (χ4v) is 2.39. The van der Waals surface area contributed by atoms with Crippen molar-refractivity contribution in [2.24, 2.45) is 15.7 Å². The number of nitrogens with two attached hydrogens (primary N) is 2. The SMILES string of the molecule is C=Cc1cc(C(N)=Nc2cc(C=NC)c(N)cc2F)ccc1Br. The summed E-state index contributed by atoms with van der Waals surface area (Å²) in [6.45, 7) is 3.73. The molecule has 0 aliphatic rings. The minimum atomic E-state index is -0.542. The predicted molar refractivity (Wildman–Crippen MR) is 98.9 cm³/mol. The van der Waals surface area contributed by atoms with E-state index in [1.165, 1.54) is 12.1 Å². The number of benzene rings is 2. The van der Waals surface area contributed by atoms with Gasteiger partial charge in [-0.2, -0.15) is 0 Å². The molecule has 0 fully saturated rings. The number of nitrogen functional groups attached to an aromatic ring is 1. The molecule has 118 valence electrons. The molecule has 4 nitrogen and oxygen atoms in total. The van der Waals surface area contributed by atoms with Crippen LogP contribution in [0.25, 0.3) is 6.08 Å². The Hall–Kier alpha value is -2.47. The van der Waals surface area contributed by atoms with Gasteiger partial charge >= 0.3 is 0 Å². The highest BCUT2D eigenvalue weighted by atomic mass is 79.9. The first kappa shape index (κ1) is 16.9. The molecule has 0 spiro atoms. The molecule has 0 aromatic heterocycles. The van der Waals surface area contributed by atoms with Crippen LogP contribution in [0.3, 0.4) is 0 Å². The zero-order chi connectivity index (χ0) is 17.0. The zero-order valence-electron chi connectivity index (χ0n) is 12.6. The molecule has 2 rings (SSSR count). The summed E-state index contributed by atoms with van der Waals surface area (Å²) in [5.41, 5.74) is 14.3. The van der Waals surface area contributed by atoms with E-state index < -0.39 is 5.82 Å². The Morgan fingerprint density at radius 3 is 2.65 bits per heavy atom. The molecule has 0 unspecified atom stereocenters. The Kier molecular flexibility index (Phi) is 5.28. The first-order chi connectivity index (χ1) is 11.0. The van der Waals surface area contributed by atoms with Crippen molar-refractivity contribution in [3.8, 4) is 0 Å². The quantitative estimate of drug-likeness (QED) is 0.483. The molecule has 0 atom stereocenters. The Bertz CT molecular complexity index is 812. The smallest absolute Gasteiger partial charge is 0.150 e. The summed E-state index contributed by atoms with van der Waals surface area (Å²) in [7, 11) is 1.61. The normalized spacial score (nSPS) is 11.9. The van der Waals surface area contributed by atoms with Crippen molar-refractivity contribution in [2.75, 3.05) is 12.8 Å². The van der Waals surface area contributed by atoms with Gasteiger partial charge in [0.2, 0.25) is 0 Å². The van der Waals surface area contributed by atoms with Crippen LogP contribution in [0.4, 0.5) is 15.8 Å². The summed E-state index contributed by atoms with van der Waals surface area (Å²) in [6.07, 6.45) is 3.24. The third-order valence-corrected chi connectivity index (χ3v) is 3.90. The van der Waals surface area contributed by atoms with Gasteiger partial charge in [-0.1, -0.05) is 34.7 Å². The van der Waals surface area contributed by atoms with Gasteiger partial charge < -0.3 is 11.5 Å². The molecule has 6 heteroatoms. The zero-order valence-corrected chi connectivity index (χ0v) is 14.1. The van der Waals surface area contributed by atoms with Crippen LogP contribution in [0.15, 0.2) is 51.4 Å². The minimum absolute atomic E-state index is 0.106. The van der Waals surface area contributed by atoms with Crippen LogP contribution < -0.4 is 11.5 Å². The van der Waals surface area contributed by atoms with Crippen molar-refractivity contribution in [1.29, 1.82) is 0 Å². The van der Waals surface area contributed by atoms with Crippen LogP contribution in [0, 0.1) is 5.82 Å². The number of rotatable bonds is 4. The Balaban J connectivity index is 2.49. The molecule has 0 aliphatic heterocycles. The van der Waals surface area contributed by atoms with Gasteiger partial charge in [-0.15, -0.1) is 0 Å². The highest BCUT2D eigenvalue weighted by Crippen LogP contribution is 2.25. The lowest BCUT2D eigenvalue weighted by atomic mass is 10.1. The number of amidine groups is 1. The average Bonchev–Trinajstić information content (AvgIpc) is 2.52. The third-order valence-electron chi connectivity index (χ3n) is 3.17. The van der Waals surface area contributed by atoms with E-state index in [4.69, 9.17) is 11.5 Å². The van der Waals surface area contributed by atoms with E-state index in [0.717, 1.165) is 10.0 Å². The molecule has 0 saturated heterocycles. The molecule has 0 aliphatic carbocycles. The van der Waals surface area contributed by atoms with E-state index in [-0.39, 0.29) is 11.5 Å². The highest BCUT2D eigenvalue weighted by Gasteiger charge is 2.08. The summed E-state index contributed by atoms with van der Waals surface area (Å²) in [5.74, 6) is -0.344. The van der Waals surface area contributed by atoms with Crippen LogP contribution in [0.2, 0.25) is 0 Å². The summed E-state index contributed by atoms with van der Waals surface area (Å²) in [4.78, 5) is 8.05. The first-order valence-corrected chi connectivity index (χ1v) is 7.53. The molecule has 0 radical (unpaired) electrons. The molecular formula is C17H16BrFN4. The lowest BCUT2D eigenvalue weighted by Gasteiger charge is -2.07. The Morgan fingerprint density at radius 1 is 1.26 bits per heavy atom. The summed E-state index contributed by atoms with van der Waals surface area (Å²) in [5, 5.41) is 0. The van der Waals surface area contributed by atoms with Crippen molar-refractivity contribution in [2.45, 2.75) is 0 Å². The monoisotopic (exact) mass is 374 g/mol. The van der Waals surface area contributed by atoms with Crippen molar-refractivity contribution >= 4 is 45.4 Å². The lowest BCUT2D eigenvalue weighted by molar-refractivity contribution is 0.630. The van der Waals surface area contributed by atoms with Gasteiger partial charge in [0, 0.05) is 34.5 Å². The van der Waals surface area contributed by atoms with Gasteiger partial charge in [0.25, 0.3) is 0 Å². The van der Waals surface area contributed by atoms with Gasteiger partial charge in [-0.3, -0.25) is 4.99 Å². The molecule has 0 amide bonds. The number of aliphatic imine (C=N–C) groups is 2. The van der Waals surface area contributed by atoms with Crippen molar-refractivity contribution in [1.82, 2.24) is 0 Å². The molecule has 0 bridgehead atoms. The fourth-order valence-electron chi connectivity index (χ4n) is 1.98. The van der Waals surface area contributed by atoms with Gasteiger partial charge in [-0.05, 0) is 29.8 Å². The minimum Gasteiger partial charge on any atom is -0.398 e. The van der Waals surface area contributed by atoms with Gasteiger partial charge in [0.15, 0.2) is 5.82 Å². The molecule has 0 saturated carbocycles. The van der Waals surface area contributed by atoms with E-state index in [0.29, 0.717) is 16.8 Å². The van der Waals surface area contributed by atoms with Crippen LogP contribution in [-0.4, -0.2) is 19.1 Å². The maximum atomic E-state index is 14.0. The van der Waals surface area contributed by atoms with Gasteiger partial charge in [0.05, 0.1) is 0 Å². The highest BCUT2D eigenvalue weighted by molar-refractivity contribution is 9.10.